The Morgan fingerprint density at radius 2 is 1.74 bits per heavy atom. The van der Waals surface area contributed by atoms with Crippen LogP contribution in [0.5, 0.6) is 0 Å². The van der Waals surface area contributed by atoms with E-state index in [2.05, 4.69) is 5.32 Å². The Balaban J connectivity index is 2.39. The van der Waals surface area contributed by atoms with Gasteiger partial charge in [0, 0.05) is 22.2 Å². The summed E-state index contributed by atoms with van der Waals surface area (Å²) < 4.78 is 0. The predicted molar refractivity (Wildman–Crippen MR) is 96.7 cm³/mol. The number of halogens is 2. The molecule has 1 N–H and O–H groups in total. The van der Waals surface area contributed by atoms with Crippen molar-refractivity contribution in [3.05, 3.63) is 79.9 Å². The van der Waals surface area contributed by atoms with Crippen molar-refractivity contribution in [2.24, 2.45) is 0 Å². The molecule has 2 aromatic rings. The Morgan fingerprint density at radius 3 is 2.39 bits per heavy atom. The first-order valence-electron chi connectivity index (χ1n) is 7.08. The summed E-state index contributed by atoms with van der Waals surface area (Å²) in [6.45, 7) is 2.48. The van der Waals surface area contributed by atoms with Crippen LogP contribution < -0.4 is 10.7 Å². The molecule has 0 aliphatic rings. The topological polar surface area (TPSA) is 46.2 Å². The number of hydrogen-bond donors (Lipinski definition) is 1. The molecular formula is C18H15Cl2NO2. The van der Waals surface area contributed by atoms with Gasteiger partial charge in [-0.3, -0.25) is 9.59 Å². The lowest BCUT2D eigenvalue weighted by Crippen LogP contribution is -2.15. The minimum atomic E-state index is -0.402. The molecule has 0 aromatic heterocycles. The molecule has 2 rings (SSSR count). The number of rotatable bonds is 5. The van der Waals surface area contributed by atoms with E-state index >= 15 is 0 Å². The highest BCUT2D eigenvalue weighted by molar-refractivity contribution is 6.37. The third-order valence-corrected chi connectivity index (χ3v) is 3.82. The molecule has 0 amide bonds. The molecule has 118 valence electrons. The van der Waals surface area contributed by atoms with E-state index < -0.39 is 5.78 Å². The monoisotopic (exact) mass is 347 g/mol. The molecule has 0 saturated carbocycles. The first-order chi connectivity index (χ1) is 11.0. The summed E-state index contributed by atoms with van der Waals surface area (Å²) in [6.07, 6.45) is 2.83. The second-order valence-corrected chi connectivity index (χ2v) is 5.55. The van der Waals surface area contributed by atoms with Crippen LogP contribution in [0.2, 0.25) is 10.0 Å². The number of hydrogen-bond acceptors (Lipinski definition) is 3. The Bertz CT molecular complexity index is 796. The minimum absolute atomic E-state index is 0.0883. The van der Waals surface area contributed by atoms with Crippen molar-refractivity contribution in [2.75, 3.05) is 11.9 Å². The Morgan fingerprint density at radius 1 is 1.09 bits per heavy atom. The number of nitrogens with one attached hydrogen (secondary N) is 1. The highest BCUT2D eigenvalue weighted by Gasteiger charge is 2.09. The highest BCUT2D eigenvalue weighted by Crippen LogP contribution is 2.25. The van der Waals surface area contributed by atoms with Crippen molar-refractivity contribution in [2.45, 2.75) is 6.92 Å². The normalized spacial score (nSPS) is 10.7. The van der Waals surface area contributed by atoms with Crippen LogP contribution >= 0.6 is 23.2 Å². The maximum Gasteiger partial charge on any atom is 0.212 e. The van der Waals surface area contributed by atoms with Crippen molar-refractivity contribution in [1.82, 2.24) is 0 Å². The molecule has 0 unspecified atom stereocenters. The molecule has 0 aliphatic carbocycles. The highest BCUT2D eigenvalue weighted by atomic mass is 35.5. The van der Waals surface area contributed by atoms with Crippen LogP contribution in [-0.2, 0) is 0 Å². The van der Waals surface area contributed by atoms with Gasteiger partial charge in [-0.2, -0.15) is 0 Å². The van der Waals surface area contributed by atoms with Crippen LogP contribution in [-0.4, -0.2) is 12.3 Å². The average Bonchev–Trinajstić information content (AvgIpc) is 2.69. The maximum atomic E-state index is 12.4. The summed E-state index contributed by atoms with van der Waals surface area (Å²) in [7, 11) is 0. The van der Waals surface area contributed by atoms with Crippen molar-refractivity contribution < 1.29 is 4.79 Å². The molecule has 0 fully saturated rings. The van der Waals surface area contributed by atoms with Crippen molar-refractivity contribution >= 4 is 40.7 Å². The molecule has 5 heteroatoms. The van der Waals surface area contributed by atoms with Gasteiger partial charge in [0.1, 0.15) is 0 Å². The van der Waals surface area contributed by atoms with Gasteiger partial charge >= 0.3 is 0 Å². The summed E-state index contributed by atoms with van der Waals surface area (Å²) >= 11 is 12.1. The fourth-order valence-electron chi connectivity index (χ4n) is 2.04. The van der Waals surface area contributed by atoms with Crippen molar-refractivity contribution in [3.8, 4) is 0 Å². The molecule has 0 bridgehead atoms. The van der Waals surface area contributed by atoms with Gasteiger partial charge in [-0.25, -0.2) is 0 Å². The van der Waals surface area contributed by atoms with Crippen LogP contribution in [0, 0.1) is 0 Å². The number of benzene rings is 1. The molecule has 2 aromatic carbocycles. The molecule has 0 spiro atoms. The molecular weight excluding hydrogens is 333 g/mol. The molecule has 0 heterocycles. The van der Waals surface area contributed by atoms with Gasteiger partial charge in [0.15, 0.2) is 5.78 Å². The molecule has 23 heavy (non-hydrogen) atoms. The zero-order chi connectivity index (χ0) is 16.8. The molecule has 0 saturated heterocycles. The van der Waals surface area contributed by atoms with Crippen LogP contribution in [0.1, 0.15) is 22.8 Å². The maximum absolute atomic E-state index is 12.4. The third kappa shape index (κ3) is 4.21. The molecule has 0 radical (unpaired) electrons. The first-order valence-corrected chi connectivity index (χ1v) is 7.83. The van der Waals surface area contributed by atoms with Gasteiger partial charge in [0.25, 0.3) is 0 Å². The van der Waals surface area contributed by atoms with E-state index in [1.807, 2.05) is 6.92 Å². The van der Waals surface area contributed by atoms with Gasteiger partial charge in [-0.05, 0) is 43.3 Å². The lowest BCUT2D eigenvalue weighted by Gasteiger charge is -2.01. The van der Waals surface area contributed by atoms with E-state index in [4.69, 9.17) is 23.2 Å². The quantitative estimate of drug-likeness (QED) is 0.630. The van der Waals surface area contributed by atoms with E-state index in [1.165, 1.54) is 18.2 Å². The number of ketones is 1. The predicted octanol–water partition coefficient (Wildman–Crippen LogP) is 4.68. The standard InChI is InChI=1S/C18H15Cl2NO2/c1-2-21-16-9-4-3-6-13(18(16)23)17(22)11-10-12-14(19)7-5-8-15(12)20/h3-11H,2H2,1H3,(H,21,23)/b11-10+. The number of carbonyl (C=O) groups is 1. The van der Waals surface area contributed by atoms with Crippen LogP contribution in [0.4, 0.5) is 5.69 Å². The van der Waals surface area contributed by atoms with Gasteiger partial charge in [-0.15, -0.1) is 0 Å². The lowest BCUT2D eigenvalue weighted by molar-refractivity contribution is 0.104. The zero-order valence-corrected chi connectivity index (χ0v) is 14.0. The van der Waals surface area contributed by atoms with Gasteiger partial charge in [-0.1, -0.05) is 41.4 Å². The van der Waals surface area contributed by atoms with Crippen LogP contribution in [0.15, 0.2) is 53.3 Å². The summed E-state index contributed by atoms with van der Waals surface area (Å²) in [5, 5.41) is 3.83. The summed E-state index contributed by atoms with van der Waals surface area (Å²) in [5.74, 6) is -0.402. The summed E-state index contributed by atoms with van der Waals surface area (Å²) in [4.78, 5) is 24.7. The zero-order valence-electron chi connectivity index (χ0n) is 12.5. The molecule has 3 nitrogen and oxygen atoms in total. The fraction of sp³-hybridized carbons (Fsp3) is 0.111. The molecule has 0 atom stereocenters. The van der Waals surface area contributed by atoms with E-state index in [0.717, 1.165) is 0 Å². The first kappa shape index (κ1) is 17.3. The lowest BCUT2D eigenvalue weighted by atomic mass is 10.1. The summed E-state index contributed by atoms with van der Waals surface area (Å²) in [6, 6.07) is 11.6. The third-order valence-electron chi connectivity index (χ3n) is 3.16. The van der Waals surface area contributed by atoms with Crippen molar-refractivity contribution in [1.29, 1.82) is 0 Å². The smallest absolute Gasteiger partial charge is 0.212 e. The largest absolute Gasteiger partial charge is 0.382 e. The van der Waals surface area contributed by atoms with Crippen LogP contribution in [0.25, 0.3) is 6.08 Å². The van der Waals surface area contributed by atoms with E-state index in [1.54, 1.807) is 36.4 Å². The fourth-order valence-corrected chi connectivity index (χ4v) is 2.57. The second-order valence-electron chi connectivity index (χ2n) is 4.74. The average molecular weight is 348 g/mol. The number of anilines is 1. The van der Waals surface area contributed by atoms with Crippen molar-refractivity contribution in [3.63, 3.8) is 0 Å². The van der Waals surface area contributed by atoms with E-state index in [9.17, 15) is 9.59 Å². The van der Waals surface area contributed by atoms with E-state index in [0.29, 0.717) is 27.8 Å². The Labute approximate surface area is 144 Å². The Kier molecular flexibility index (Phi) is 5.97. The summed E-state index contributed by atoms with van der Waals surface area (Å²) in [5.41, 5.74) is 0.691. The second kappa shape index (κ2) is 7.95. The van der Waals surface area contributed by atoms with Crippen LogP contribution in [0.3, 0.4) is 0 Å². The number of allylic oxidation sites excluding steroid dienone is 1. The van der Waals surface area contributed by atoms with Gasteiger partial charge < -0.3 is 5.32 Å². The molecule has 0 aliphatic heterocycles. The minimum Gasteiger partial charge on any atom is -0.382 e. The number of carbonyl (C=O) groups excluding carboxylic acids is 1. The van der Waals surface area contributed by atoms with Gasteiger partial charge in [0.2, 0.25) is 5.43 Å². The SMILES string of the molecule is CCNc1ccccc(C(=O)/C=C/c2c(Cl)cccc2Cl)c1=O. The van der Waals surface area contributed by atoms with E-state index in [-0.39, 0.29) is 11.0 Å². The Hall–Kier alpha value is -2.10. The van der Waals surface area contributed by atoms with Gasteiger partial charge in [0.05, 0.1) is 11.3 Å².